The van der Waals surface area contributed by atoms with E-state index in [-0.39, 0.29) is 0 Å². The summed E-state index contributed by atoms with van der Waals surface area (Å²) in [5, 5.41) is 0. The number of aromatic amines is 1. The number of benzene rings is 1. The molecule has 2 rings (SSSR count). The lowest BCUT2D eigenvalue weighted by Gasteiger charge is -2.21. The monoisotopic (exact) mass is 258 g/mol. The lowest BCUT2D eigenvalue weighted by molar-refractivity contribution is 0.571. The third kappa shape index (κ3) is 1.70. The van der Waals surface area contributed by atoms with E-state index in [4.69, 9.17) is 10.7 Å². The maximum Gasteiger partial charge on any atom is 0.241 e. The van der Waals surface area contributed by atoms with Gasteiger partial charge in [-0.3, -0.25) is 0 Å². The highest BCUT2D eigenvalue weighted by Gasteiger charge is 2.34. The molecule has 0 saturated carbocycles. The van der Waals surface area contributed by atoms with E-state index in [2.05, 4.69) is 9.97 Å². The summed E-state index contributed by atoms with van der Waals surface area (Å²) in [4.78, 5) is 7.00. The Morgan fingerprint density at radius 2 is 2.06 bits per heavy atom. The van der Waals surface area contributed by atoms with Gasteiger partial charge in [0.25, 0.3) is 0 Å². The normalized spacial score (nSPS) is 13.2. The molecule has 0 radical (unpaired) electrons. The van der Waals surface area contributed by atoms with Gasteiger partial charge in [-0.15, -0.1) is 0 Å². The lowest BCUT2D eigenvalue weighted by Crippen LogP contribution is -2.24. The first-order valence-corrected chi connectivity index (χ1v) is 7.01. The van der Waals surface area contributed by atoms with Crippen LogP contribution in [0.5, 0.6) is 0 Å². The second-order valence-corrected chi connectivity index (χ2v) is 7.20. The maximum atomic E-state index is 11.5. The van der Waals surface area contributed by atoms with E-state index in [1.807, 2.05) is 0 Å². The highest BCUT2D eigenvalue weighted by atomic mass is 35.7. The van der Waals surface area contributed by atoms with Crippen LogP contribution in [-0.2, 0) is 13.8 Å². The van der Waals surface area contributed by atoms with Crippen molar-refractivity contribution >= 4 is 30.8 Å². The average Bonchev–Trinajstić information content (AvgIpc) is 2.61. The van der Waals surface area contributed by atoms with Gasteiger partial charge in [-0.2, -0.15) is 0 Å². The molecule has 0 atom stereocenters. The Morgan fingerprint density at radius 3 is 2.69 bits per heavy atom. The Morgan fingerprint density at radius 1 is 1.38 bits per heavy atom. The van der Waals surface area contributed by atoms with E-state index in [9.17, 15) is 8.42 Å². The van der Waals surface area contributed by atoms with Crippen LogP contribution in [0.2, 0.25) is 0 Å². The number of aromatic nitrogens is 2. The zero-order valence-electron chi connectivity index (χ0n) is 8.86. The van der Waals surface area contributed by atoms with Crippen molar-refractivity contribution in [2.75, 3.05) is 0 Å². The van der Waals surface area contributed by atoms with Crippen LogP contribution >= 0.6 is 10.7 Å². The fraction of sp³-hybridized carbons (Fsp3) is 0.300. The topological polar surface area (TPSA) is 62.8 Å². The van der Waals surface area contributed by atoms with Crippen molar-refractivity contribution in [2.24, 2.45) is 0 Å². The third-order valence-electron chi connectivity index (χ3n) is 2.72. The van der Waals surface area contributed by atoms with E-state index >= 15 is 0 Å². The average molecular weight is 259 g/mol. The molecule has 1 heterocycles. The largest absolute Gasteiger partial charge is 0.345 e. The molecule has 0 fully saturated rings. The van der Waals surface area contributed by atoms with Gasteiger partial charge in [0, 0.05) is 10.7 Å². The molecule has 6 heteroatoms. The molecule has 1 aromatic carbocycles. The predicted molar refractivity (Wildman–Crippen MR) is 63.9 cm³/mol. The lowest BCUT2D eigenvalue weighted by atomic mass is 10.0. The minimum absolute atomic E-state index is 0.638. The van der Waals surface area contributed by atoms with Crippen LogP contribution in [0.25, 0.3) is 11.0 Å². The van der Waals surface area contributed by atoms with Crippen LogP contribution in [0.15, 0.2) is 24.5 Å². The summed E-state index contributed by atoms with van der Waals surface area (Å²) in [7, 11) is 1.76. The Balaban J connectivity index is 2.63. The van der Waals surface area contributed by atoms with E-state index < -0.39 is 13.8 Å². The summed E-state index contributed by atoms with van der Waals surface area (Å²) in [6.07, 6.45) is 1.57. The van der Waals surface area contributed by atoms with Gasteiger partial charge < -0.3 is 4.98 Å². The van der Waals surface area contributed by atoms with Gasteiger partial charge in [-0.05, 0) is 31.5 Å². The molecule has 0 bridgehead atoms. The molecule has 2 aromatic rings. The van der Waals surface area contributed by atoms with Crippen molar-refractivity contribution in [2.45, 2.75) is 18.6 Å². The first-order chi connectivity index (χ1) is 7.32. The number of nitrogens with zero attached hydrogens (tertiary/aromatic N) is 1. The van der Waals surface area contributed by atoms with E-state index in [1.54, 1.807) is 38.4 Å². The molecule has 0 amide bonds. The summed E-state index contributed by atoms with van der Waals surface area (Å²) in [5.41, 5.74) is 2.23. The van der Waals surface area contributed by atoms with E-state index in [1.165, 1.54) is 0 Å². The molecule has 0 aliphatic carbocycles. The third-order valence-corrected chi connectivity index (χ3v) is 5.34. The van der Waals surface area contributed by atoms with Crippen molar-refractivity contribution in [1.82, 2.24) is 9.97 Å². The number of rotatable bonds is 2. The van der Waals surface area contributed by atoms with Crippen molar-refractivity contribution < 1.29 is 8.42 Å². The predicted octanol–water partition coefficient (Wildman–Crippen LogP) is 2.37. The fourth-order valence-corrected chi connectivity index (χ4v) is 2.13. The van der Waals surface area contributed by atoms with Crippen molar-refractivity contribution in [1.29, 1.82) is 0 Å². The van der Waals surface area contributed by atoms with Crippen LogP contribution in [0.3, 0.4) is 0 Å². The highest BCUT2D eigenvalue weighted by Crippen LogP contribution is 2.33. The summed E-state index contributed by atoms with van der Waals surface area (Å²) in [6, 6.07) is 5.25. The van der Waals surface area contributed by atoms with Crippen molar-refractivity contribution in [3.05, 3.63) is 30.1 Å². The first kappa shape index (κ1) is 11.4. The quantitative estimate of drug-likeness (QED) is 0.841. The summed E-state index contributed by atoms with van der Waals surface area (Å²) in [6.45, 7) is 3.15. The molecule has 16 heavy (non-hydrogen) atoms. The SMILES string of the molecule is CC(C)(c1ccc2nc[nH]c2c1)S(=O)(=O)Cl. The number of nitrogens with one attached hydrogen (secondary N) is 1. The van der Waals surface area contributed by atoms with Gasteiger partial charge in [-0.25, -0.2) is 13.4 Å². The Kier molecular flexibility index (Phi) is 2.47. The van der Waals surface area contributed by atoms with E-state index in [0.717, 1.165) is 11.0 Å². The van der Waals surface area contributed by atoms with Crippen LogP contribution in [0.1, 0.15) is 19.4 Å². The summed E-state index contributed by atoms with van der Waals surface area (Å²) < 4.78 is 21.8. The molecule has 86 valence electrons. The fourth-order valence-electron chi connectivity index (χ4n) is 1.45. The van der Waals surface area contributed by atoms with E-state index in [0.29, 0.717) is 5.56 Å². The van der Waals surface area contributed by atoms with Gasteiger partial charge >= 0.3 is 0 Å². The zero-order valence-corrected chi connectivity index (χ0v) is 10.4. The number of hydrogen-bond acceptors (Lipinski definition) is 3. The van der Waals surface area contributed by atoms with Gasteiger partial charge in [0.2, 0.25) is 9.05 Å². The number of H-pyrrole nitrogens is 1. The molecule has 0 unspecified atom stereocenters. The first-order valence-electron chi connectivity index (χ1n) is 4.70. The van der Waals surface area contributed by atoms with Crippen LogP contribution < -0.4 is 0 Å². The van der Waals surface area contributed by atoms with Gasteiger partial charge in [0.1, 0.15) is 4.75 Å². The van der Waals surface area contributed by atoms with Crippen LogP contribution in [0, 0.1) is 0 Å². The summed E-state index contributed by atoms with van der Waals surface area (Å²) in [5.74, 6) is 0. The number of fused-ring (bicyclic) bond motifs is 1. The minimum Gasteiger partial charge on any atom is -0.345 e. The number of imidazole rings is 1. The maximum absolute atomic E-state index is 11.5. The standard InChI is InChI=1S/C10H11ClN2O2S/c1-10(2,16(11,14)15)7-3-4-8-9(5-7)13-6-12-8/h3-6H,1-2H3,(H,12,13). The number of hydrogen-bond donors (Lipinski definition) is 1. The van der Waals surface area contributed by atoms with Crippen molar-refractivity contribution in [3.63, 3.8) is 0 Å². The number of halogens is 1. The molecule has 0 saturated heterocycles. The molecular formula is C10H11ClN2O2S. The highest BCUT2D eigenvalue weighted by molar-refractivity contribution is 8.14. The van der Waals surface area contributed by atoms with Gasteiger partial charge in [0.05, 0.1) is 17.4 Å². The second kappa shape index (κ2) is 3.46. The molecule has 4 nitrogen and oxygen atoms in total. The molecule has 0 aliphatic heterocycles. The minimum atomic E-state index is -3.67. The van der Waals surface area contributed by atoms with Crippen LogP contribution in [0.4, 0.5) is 0 Å². The molecular weight excluding hydrogens is 248 g/mol. The van der Waals surface area contributed by atoms with Crippen molar-refractivity contribution in [3.8, 4) is 0 Å². The molecule has 1 aromatic heterocycles. The van der Waals surface area contributed by atoms with Crippen LogP contribution in [-0.4, -0.2) is 18.4 Å². The molecule has 0 spiro atoms. The summed E-state index contributed by atoms with van der Waals surface area (Å²) >= 11 is 0. The second-order valence-electron chi connectivity index (χ2n) is 4.08. The van der Waals surface area contributed by atoms with Gasteiger partial charge in [-0.1, -0.05) is 6.07 Å². The zero-order chi connectivity index (χ0) is 12.0. The van der Waals surface area contributed by atoms with Gasteiger partial charge in [0.15, 0.2) is 0 Å². The Hall–Kier alpha value is -1.07. The Labute approximate surface area is 98.1 Å². The molecule has 1 N–H and O–H groups in total. The Bertz CT molecular complexity index is 631. The molecule has 0 aliphatic rings. The smallest absolute Gasteiger partial charge is 0.241 e.